The first-order valence-electron chi connectivity index (χ1n) is 5.29. The molecule has 0 spiro atoms. The third-order valence-electron chi connectivity index (χ3n) is 2.75. The summed E-state index contributed by atoms with van der Waals surface area (Å²) in [6.45, 7) is 3.78. The van der Waals surface area contributed by atoms with Gasteiger partial charge < -0.3 is 5.73 Å². The summed E-state index contributed by atoms with van der Waals surface area (Å²) < 4.78 is 36.3. The van der Waals surface area contributed by atoms with Gasteiger partial charge >= 0.3 is 6.18 Å². The Morgan fingerprint density at radius 1 is 1.24 bits per heavy atom. The van der Waals surface area contributed by atoms with Crippen LogP contribution in [0.2, 0.25) is 5.02 Å². The smallest absolute Gasteiger partial charge is 0.324 e. The van der Waals surface area contributed by atoms with E-state index in [1.807, 2.05) is 13.8 Å². The molecule has 0 radical (unpaired) electrons. The van der Waals surface area contributed by atoms with Crippen molar-refractivity contribution in [3.05, 3.63) is 33.8 Å². The molecule has 0 aliphatic rings. The van der Waals surface area contributed by atoms with Crippen LogP contribution in [0.5, 0.6) is 0 Å². The Morgan fingerprint density at radius 3 is 2.29 bits per heavy atom. The third-order valence-corrected chi connectivity index (χ3v) is 3.08. The number of aryl methyl sites for hydroxylation is 2. The highest BCUT2D eigenvalue weighted by Crippen LogP contribution is 2.31. The summed E-state index contributed by atoms with van der Waals surface area (Å²) in [5, 5.41) is 0.433. The van der Waals surface area contributed by atoms with E-state index in [-0.39, 0.29) is 6.42 Å². The number of nitrogens with two attached hydrogens (primary N) is 1. The second kappa shape index (κ2) is 5.27. The average molecular weight is 266 g/mol. The van der Waals surface area contributed by atoms with Crippen LogP contribution in [-0.2, 0) is 0 Å². The molecule has 1 rings (SSSR count). The van der Waals surface area contributed by atoms with Crippen LogP contribution >= 0.6 is 11.6 Å². The number of rotatable bonds is 3. The normalized spacial score (nSPS) is 13.8. The van der Waals surface area contributed by atoms with Gasteiger partial charge in [0.1, 0.15) is 0 Å². The second-order valence-electron chi connectivity index (χ2n) is 4.22. The molecule has 0 aliphatic carbocycles. The van der Waals surface area contributed by atoms with Crippen LogP contribution in [0.3, 0.4) is 0 Å². The summed E-state index contributed by atoms with van der Waals surface area (Å²) in [5.41, 5.74) is 8.30. The van der Waals surface area contributed by atoms with E-state index in [9.17, 15) is 13.2 Å². The van der Waals surface area contributed by atoms with Crippen molar-refractivity contribution >= 4 is 11.6 Å². The van der Waals surface area contributed by atoms with Gasteiger partial charge in [-0.25, -0.2) is 0 Å². The van der Waals surface area contributed by atoms with Gasteiger partial charge in [-0.05, 0) is 43.0 Å². The van der Waals surface area contributed by atoms with Crippen molar-refractivity contribution in [3.63, 3.8) is 0 Å². The lowest BCUT2D eigenvalue weighted by Gasteiger charge is -2.16. The maximum absolute atomic E-state index is 12.1. The van der Waals surface area contributed by atoms with Crippen LogP contribution in [0.15, 0.2) is 12.1 Å². The fourth-order valence-electron chi connectivity index (χ4n) is 1.56. The van der Waals surface area contributed by atoms with Gasteiger partial charge in [-0.3, -0.25) is 0 Å². The lowest BCUT2D eigenvalue weighted by Crippen LogP contribution is -2.16. The van der Waals surface area contributed by atoms with Gasteiger partial charge in [0.05, 0.1) is 0 Å². The van der Waals surface area contributed by atoms with Crippen molar-refractivity contribution in [2.75, 3.05) is 0 Å². The molecule has 1 aromatic carbocycles. The monoisotopic (exact) mass is 265 g/mol. The van der Waals surface area contributed by atoms with Crippen LogP contribution in [0.25, 0.3) is 0 Å². The predicted octanol–water partition coefficient (Wildman–Crippen LogP) is 4.30. The highest BCUT2D eigenvalue weighted by Gasteiger charge is 2.28. The number of hydrogen-bond acceptors (Lipinski definition) is 1. The largest absolute Gasteiger partial charge is 0.389 e. The first-order chi connectivity index (χ1) is 7.70. The van der Waals surface area contributed by atoms with Crippen molar-refractivity contribution in [1.82, 2.24) is 0 Å². The van der Waals surface area contributed by atoms with E-state index >= 15 is 0 Å². The molecule has 0 saturated carbocycles. The summed E-state index contributed by atoms with van der Waals surface area (Å²) in [4.78, 5) is 0. The molecule has 1 atom stereocenters. The van der Waals surface area contributed by atoms with Crippen molar-refractivity contribution in [2.45, 2.75) is 38.9 Å². The van der Waals surface area contributed by atoms with E-state index in [1.54, 1.807) is 12.1 Å². The standard InChI is InChI=1S/C12H15ClF3N/c1-7-5-9(10(13)6-8(7)2)11(17)3-4-12(14,15)16/h5-6,11H,3-4,17H2,1-2H3. The van der Waals surface area contributed by atoms with Crippen LogP contribution in [0.1, 0.15) is 35.6 Å². The zero-order chi connectivity index (χ0) is 13.2. The Kier molecular flexibility index (Phi) is 4.44. The lowest BCUT2D eigenvalue weighted by molar-refractivity contribution is -0.136. The first kappa shape index (κ1) is 14.3. The molecule has 2 N–H and O–H groups in total. The Bertz CT molecular complexity index is 401. The van der Waals surface area contributed by atoms with Crippen LogP contribution in [0, 0.1) is 13.8 Å². The maximum Gasteiger partial charge on any atom is 0.389 e. The fourth-order valence-corrected chi connectivity index (χ4v) is 1.92. The summed E-state index contributed by atoms with van der Waals surface area (Å²) in [6, 6.07) is 2.82. The predicted molar refractivity (Wildman–Crippen MR) is 63.1 cm³/mol. The molecule has 17 heavy (non-hydrogen) atoms. The van der Waals surface area contributed by atoms with Crippen LogP contribution < -0.4 is 5.73 Å². The molecule has 0 aromatic heterocycles. The van der Waals surface area contributed by atoms with Gasteiger partial charge in [-0.1, -0.05) is 17.7 Å². The van der Waals surface area contributed by atoms with E-state index in [0.717, 1.165) is 11.1 Å². The Hall–Kier alpha value is -0.740. The molecule has 0 aliphatic heterocycles. The second-order valence-corrected chi connectivity index (χ2v) is 4.63. The van der Waals surface area contributed by atoms with Gasteiger partial charge in [-0.2, -0.15) is 13.2 Å². The molecule has 0 bridgehead atoms. The zero-order valence-electron chi connectivity index (χ0n) is 9.74. The number of hydrogen-bond donors (Lipinski definition) is 1. The molecule has 1 unspecified atom stereocenters. The van der Waals surface area contributed by atoms with Gasteiger partial charge in [0.2, 0.25) is 0 Å². The van der Waals surface area contributed by atoms with Gasteiger partial charge in [-0.15, -0.1) is 0 Å². The van der Waals surface area contributed by atoms with E-state index < -0.39 is 18.6 Å². The van der Waals surface area contributed by atoms with E-state index in [0.29, 0.717) is 10.6 Å². The minimum atomic E-state index is -4.18. The molecule has 1 nitrogen and oxygen atoms in total. The maximum atomic E-state index is 12.1. The third kappa shape index (κ3) is 4.21. The van der Waals surface area contributed by atoms with Crippen molar-refractivity contribution in [1.29, 1.82) is 0 Å². The van der Waals surface area contributed by atoms with Crippen molar-refractivity contribution in [3.8, 4) is 0 Å². The summed E-state index contributed by atoms with van der Waals surface area (Å²) >= 11 is 5.99. The van der Waals surface area contributed by atoms with E-state index in [4.69, 9.17) is 17.3 Å². The fraction of sp³-hybridized carbons (Fsp3) is 0.500. The molecular formula is C12H15ClF3N. The quantitative estimate of drug-likeness (QED) is 0.866. The Morgan fingerprint density at radius 2 is 1.76 bits per heavy atom. The van der Waals surface area contributed by atoms with Gasteiger partial charge in [0.25, 0.3) is 0 Å². The summed E-state index contributed by atoms with van der Waals surface area (Å²) in [7, 11) is 0. The van der Waals surface area contributed by atoms with Gasteiger partial charge in [0.15, 0.2) is 0 Å². The zero-order valence-corrected chi connectivity index (χ0v) is 10.5. The lowest BCUT2D eigenvalue weighted by atomic mass is 9.98. The average Bonchev–Trinajstić information content (AvgIpc) is 2.19. The summed E-state index contributed by atoms with van der Waals surface area (Å²) in [5.74, 6) is 0. The Labute approximate surface area is 104 Å². The minimum absolute atomic E-state index is 0.147. The first-order valence-corrected chi connectivity index (χ1v) is 5.67. The summed E-state index contributed by atoms with van der Waals surface area (Å²) in [6.07, 6.45) is -5.22. The molecule has 96 valence electrons. The van der Waals surface area contributed by atoms with Crippen molar-refractivity contribution < 1.29 is 13.2 Å². The van der Waals surface area contributed by atoms with E-state index in [1.165, 1.54) is 0 Å². The van der Waals surface area contributed by atoms with Crippen LogP contribution in [0.4, 0.5) is 13.2 Å². The van der Waals surface area contributed by atoms with E-state index in [2.05, 4.69) is 0 Å². The SMILES string of the molecule is Cc1cc(Cl)c(C(N)CCC(F)(F)F)cc1C. The van der Waals surface area contributed by atoms with Crippen molar-refractivity contribution in [2.24, 2.45) is 5.73 Å². The number of halogens is 4. The molecule has 5 heteroatoms. The molecule has 0 fully saturated rings. The highest BCUT2D eigenvalue weighted by molar-refractivity contribution is 6.31. The number of benzene rings is 1. The van der Waals surface area contributed by atoms with Crippen LogP contribution in [-0.4, -0.2) is 6.18 Å². The molecule has 0 saturated heterocycles. The molecule has 1 aromatic rings. The molecule has 0 heterocycles. The topological polar surface area (TPSA) is 26.0 Å². The van der Waals surface area contributed by atoms with Gasteiger partial charge in [0, 0.05) is 17.5 Å². The molecule has 0 amide bonds. The Balaban J connectivity index is 2.82. The highest BCUT2D eigenvalue weighted by atomic mass is 35.5. The minimum Gasteiger partial charge on any atom is -0.324 e. The molecular weight excluding hydrogens is 251 g/mol. The number of alkyl halides is 3.